The highest BCUT2D eigenvalue weighted by Gasteiger charge is 1.99. The van der Waals surface area contributed by atoms with Crippen molar-refractivity contribution in [3.05, 3.63) is 24.6 Å². The first-order chi connectivity index (χ1) is 4.72. The average molecular weight is 160 g/mol. The summed E-state index contributed by atoms with van der Waals surface area (Å²) < 4.78 is 0. The van der Waals surface area contributed by atoms with E-state index in [0.717, 1.165) is 0 Å². The fourth-order valence-electron chi connectivity index (χ4n) is 0.488. The molecule has 0 saturated heterocycles. The first-order valence-electron chi connectivity index (χ1n) is 2.95. The van der Waals surface area contributed by atoms with E-state index in [2.05, 4.69) is 0 Å². The highest BCUT2D eigenvalue weighted by Crippen LogP contribution is 1.98. The van der Waals surface area contributed by atoms with Crippen molar-refractivity contribution in [3.63, 3.8) is 0 Å². The summed E-state index contributed by atoms with van der Waals surface area (Å²) in [6.07, 6.45) is 6.66. The van der Waals surface area contributed by atoms with Gasteiger partial charge < -0.3 is 0 Å². The van der Waals surface area contributed by atoms with Crippen molar-refractivity contribution in [1.29, 1.82) is 0 Å². The summed E-state index contributed by atoms with van der Waals surface area (Å²) in [4.78, 5) is 11.8. The zero-order chi connectivity index (χ0) is 7.98. The van der Waals surface area contributed by atoms with Crippen LogP contribution in [-0.2, 0) is 0 Å². The Labute approximate surface area is 65.8 Å². The number of hydrogen-bond donors (Lipinski definition) is 0. The Kier molecular flexibility index (Phi) is 4.67. The van der Waals surface area contributed by atoms with Crippen molar-refractivity contribution in [2.75, 3.05) is 0 Å². The van der Waals surface area contributed by atoms with Gasteiger partial charge in [0.05, 0.1) is 0 Å². The Morgan fingerprint density at radius 3 is 1.90 bits per heavy atom. The largest absolute Gasteiger partial charge is 0.324 e. The normalized spacial score (nSPS) is 11.1. The standard InChI is InChI=1S/C7H10ClNO/c1-3-5-9(6-4-2)7(8)10/h3-6H,1-2H3. The number of carbonyl (C=O) groups is 1. The lowest BCUT2D eigenvalue weighted by Crippen LogP contribution is -2.11. The van der Waals surface area contributed by atoms with Crippen molar-refractivity contribution in [2.24, 2.45) is 0 Å². The van der Waals surface area contributed by atoms with Gasteiger partial charge in [-0.05, 0) is 25.4 Å². The summed E-state index contributed by atoms with van der Waals surface area (Å²) in [5.41, 5.74) is 0. The van der Waals surface area contributed by atoms with Crippen LogP contribution in [0, 0.1) is 0 Å². The fraction of sp³-hybridized carbons (Fsp3) is 0.286. The molecule has 0 rings (SSSR count). The van der Waals surface area contributed by atoms with Gasteiger partial charge in [0, 0.05) is 12.4 Å². The maximum Gasteiger partial charge on any atom is 0.324 e. The Hall–Kier alpha value is -0.760. The van der Waals surface area contributed by atoms with Gasteiger partial charge in [-0.2, -0.15) is 0 Å². The van der Waals surface area contributed by atoms with E-state index < -0.39 is 5.37 Å². The average Bonchev–Trinajstić information content (AvgIpc) is 1.87. The van der Waals surface area contributed by atoms with Crippen LogP contribution in [0.1, 0.15) is 13.8 Å². The molecule has 10 heavy (non-hydrogen) atoms. The molecule has 0 heterocycles. The number of amides is 1. The highest BCUT2D eigenvalue weighted by atomic mass is 35.5. The summed E-state index contributed by atoms with van der Waals surface area (Å²) in [5.74, 6) is 0. The van der Waals surface area contributed by atoms with Crippen molar-refractivity contribution < 1.29 is 4.79 Å². The Morgan fingerprint density at radius 2 is 1.70 bits per heavy atom. The number of carbonyl (C=O) groups excluding carboxylic acids is 1. The topological polar surface area (TPSA) is 20.3 Å². The smallest absolute Gasteiger partial charge is 0.282 e. The van der Waals surface area contributed by atoms with Crippen molar-refractivity contribution >= 4 is 17.0 Å². The molecule has 3 heteroatoms. The summed E-state index contributed by atoms with van der Waals surface area (Å²) in [6.45, 7) is 3.63. The Balaban J connectivity index is 4.11. The molecule has 0 bridgehead atoms. The Bertz CT molecular complexity index is 151. The van der Waals surface area contributed by atoms with E-state index in [1.54, 1.807) is 24.6 Å². The fourth-order valence-corrected chi connectivity index (χ4v) is 0.601. The molecule has 0 aliphatic rings. The summed E-state index contributed by atoms with van der Waals surface area (Å²) in [6, 6.07) is 0. The molecular weight excluding hydrogens is 150 g/mol. The van der Waals surface area contributed by atoms with Crippen LogP contribution in [0.5, 0.6) is 0 Å². The van der Waals surface area contributed by atoms with E-state index in [0.29, 0.717) is 0 Å². The number of allylic oxidation sites excluding steroid dienone is 2. The Morgan fingerprint density at radius 1 is 1.30 bits per heavy atom. The van der Waals surface area contributed by atoms with Crippen LogP contribution in [-0.4, -0.2) is 10.3 Å². The van der Waals surface area contributed by atoms with E-state index in [-0.39, 0.29) is 0 Å². The van der Waals surface area contributed by atoms with Gasteiger partial charge in [0.1, 0.15) is 0 Å². The van der Waals surface area contributed by atoms with Crippen LogP contribution in [0.15, 0.2) is 24.6 Å². The van der Waals surface area contributed by atoms with E-state index in [1.807, 2.05) is 13.8 Å². The maximum absolute atomic E-state index is 10.5. The molecule has 0 N–H and O–H groups in total. The molecule has 0 aromatic rings. The van der Waals surface area contributed by atoms with Crippen molar-refractivity contribution in [3.8, 4) is 0 Å². The molecule has 0 atom stereocenters. The summed E-state index contributed by atoms with van der Waals surface area (Å²) >= 11 is 5.19. The lowest BCUT2D eigenvalue weighted by Gasteiger charge is -2.06. The number of nitrogens with zero attached hydrogens (tertiary/aromatic N) is 1. The van der Waals surface area contributed by atoms with Gasteiger partial charge in [0.25, 0.3) is 0 Å². The first kappa shape index (κ1) is 9.24. The maximum atomic E-state index is 10.5. The monoisotopic (exact) mass is 159 g/mol. The van der Waals surface area contributed by atoms with E-state index in [4.69, 9.17) is 11.6 Å². The number of rotatable bonds is 2. The van der Waals surface area contributed by atoms with Gasteiger partial charge in [-0.1, -0.05) is 12.2 Å². The van der Waals surface area contributed by atoms with Gasteiger partial charge in [-0.25, -0.2) is 0 Å². The van der Waals surface area contributed by atoms with Crippen LogP contribution >= 0.6 is 11.6 Å². The SMILES string of the molecule is CC=CN(C=CC)C(=O)Cl. The molecule has 0 aliphatic heterocycles. The highest BCUT2D eigenvalue weighted by molar-refractivity contribution is 6.63. The summed E-state index contributed by atoms with van der Waals surface area (Å²) in [7, 11) is 0. The van der Waals surface area contributed by atoms with Gasteiger partial charge in [0.15, 0.2) is 0 Å². The van der Waals surface area contributed by atoms with E-state index in [9.17, 15) is 4.79 Å². The molecule has 56 valence electrons. The van der Waals surface area contributed by atoms with Crippen molar-refractivity contribution in [2.45, 2.75) is 13.8 Å². The molecule has 0 aromatic heterocycles. The minimum atomic E-state index is -0.504. The summed E-state index contributed by atoms with van der Waals surface area (Å²) in [5, 5.41) is -0.504. The van der Waals surface area contributed by atoms with Gasteiger partial charge in [0.2, 0.25) is 0 Å². The predicted molar refractivity (Wildman–Crippen MR) is 42.7 cm³/mol. The minimum Gasteiger partial charge on any atom is -0.282 e. The van der Waals surface area contributed by atoms with Crippen LogP contribution in [0.3, 0.4) is 0 Å². The van der Waals surface area contributed by atoms with E-state index in [1.165, 1.54) is 4.90 Å². The second-order valence-corrected chi connectivity index (χ2v) is 1.95. The molecule has 0 unspecified atom stereocenters. The molecule has 0 saturated carbocycles. The number of halogens is 1. The molecule has 1 amide bonds. The van der Waals surface area contributed by atoms with Gasteiger partial charge >= 0.3 is 5.37 Å². The lowest BCUT2D eigenvalue weighted by atomic mass is 10.6. The molecule has 0 fully saturated rings. The molecule has 0 aromatic carbocycles. The molecule has 0 aliphatic carbocycles. The van der Waals surface area contributed by atoms with Gasteiger partial charge in [-0.15, -0.1) is 0 Å². The lowest BCUT2D eigenvalue weighted by molar-refractivity contribution is 0.247. The van der Waals surface area contributed by atoms with Gasteiger partial charge in [-0.3, -0.25) is 9.69 Å². The van der Waals surface area contributed by atoms with Crippen LogP contribution in [0.2, 0.25) is 0 Å². The van der Waals surface area contributed by atoms with Crippen LogP contribution < -0.4 is 0 Å². The third kappa shape index (κ3) is 3.30. The molecular formula is C7H10ClNO. The van der Waals surface area contributed by atoms with E-state index >= 15 is 0 Å². The molecule has 0 radical (unpaired) electrons. The molecule has 0 spiro atoms. The predicted octanol–water partition coefficient (Wildman–Crippen LogP) is 2.71. The second-order valence-electron chi connectivity index (χ2n) is 1.63. The van der Waals surface area contributed by atoms with Crippen molar-refractivity contribution in [1.82, 2.24) is 4.90 Å². The second kappa shape index (κ2) is 5.06. The first-order valence-corrected chi connectivity index (χ1v) is 3.33. The van der Waals surface area contributed by atoms with Crippen LogP contribution in [0.4, 0.5) is 4.79 Å². The number of hydrogen-bond acceptors (Lipinski definition) is 1. The third-order valence-electron chi connectivity index (χ3n) is 0.822. The zero-order valence-electron chi connectivity index (χ0n) is 6.04. The third-order valence-corrected chi connectivity index (χ3v) is 1.02. The minimum absolute atomic E-state index is 0.504. The zero-order valence-corrected chi connectivity index (χ0v) is 6.80. The quantitative estimate of drug-likeness (QED) is 0.448. The molecule has 2 nitrogen and oxygen atoms in total. The van der Waals surface area contributed by atoms with Crippen LogP contribution in [0.25, 0.3) is 0 Å².